The molecule has 8 saturated carbocycles. The van der Waals surface area contributed by atoms with Crippen molar-refractivity contribution < 1.29 is 0 Å². The standard InChI is InChI=1S/C22H30P2/c1-13-2-15-3-14(1)8-21(7-13,9-15)19-23-20(24-19)22-10-16-4-17(11-22)6-18(5-16)12-22/h13-18H,1-12H2. The third-order valence-electron chi connectivity index (χ3n) is 9.45. The third kappa shape index (κ3) is 1.84. The summed E-state index contributed by atoms with van der Waals surface area (Å²) in [4.78, 5) is 0. The van der Waals surface area contributed by atoms with Crippen LogP contribution in [0.2, 0.25) is 0 Å². The molecule has 8 fully saturated rings. The maximum atomic E-state index is 2.02. The third-order valence-corrected chi connectivity index (χ3v) is 13.4. The first-order valence-corrected chi connectivity index (χ1v) is 12.7. The van der Waals surface area contributed by atoms with Crippen LogP contribution in [0.3, 0.4) is 0 Å². The average Bonchev–Trinajstić information content (AvgIpc) is 2.41. The second kappa shape index (κ2) is 4.60. The van der Waals surface area contributed by atoms with Gasteiger partial charge in [-0.1, -0.05) is 16.4 Å². The maximum Gasteiger partial charge on any atom is 0.0141 e. The fourth-order valence-corrected chi connectivity index (χ4v) is 12.8. The lowest BCUT2D eigenvalue weighted by Gasteiger charge is -2.60. The van der Waals surface area contributed by atoms with Gasteiger partial charge in [-0.25, -0.2) is 0 Å². The summed E-state index contributed by atoms with van der Waals surface area (Å²) in [6, 6.07) is 0. The fourth-order valence-electron chi connectivity index (χ4n) is 9.45. The highest BCUT2D eigenvalue weighted by Crippen LogP contribution is 2.68. The highest BCUT2D eigenvalue weighted by atomic mass is 31.1. The van der Waals surface area contributed by atoms with E-state index in [-0.39, 0.29) is 0 Å². The van der Waals surface area contributed by atoms with E-state index in [2.05, 4.69) is 0 Å². The minimum atomic E-state index is 0.740. The molecule has 0 nitrogen and oxygen atoms in total. The Morgan fingerprint density at radius 1 is 0.458 bits per heavy atom. The summed E-state index contributed by atoms with van der Waals surface area (Å²) in [6.45, 7) is 0. The Hall–Kier alpha value is 0.340. The summed E-state index contributed by atoms with van der Waals surface area (Å²) >= 11 is 0. The summed E-state index contributed by atoms with van der Waals surface area (Å²) in [6.07, 6.45) is 19.2. The van der Waals surface area contributed by atoms with Crippen LogP contribution < -0.4 is 0 Å². The molecule has 8 aliphatic carbocycles. The Labute approximate surface area is 150 Å². The largest absolute Gasteiger partial charge is 0.0581 e. The van der Waals surface area contributed by atoms with Crippen LogP contribution in [0.1, 0.15) is 77.0 Å². The molecule has 8 bridgehead atoms. The van der Waals surface area contributed by atoms with Crippen LogP contribution in [0.5, 0.6) is 0 Å². The Bertz CT molecular complexity index is 535. The van der Waals surface area contributed by atoms with E-state index in [0.717, 1.165) is 46.3 Å². The first kappa shape index (κ1) is 14.4. The molecule has 0 aromatic carbocycles. The van der Waals surface area contributed by atoms with Crippen LogP contribution in [-0.4, -0.2) is 10.1 Å². The zero-order chi connectivity index (χ0) is 15.5. The fraction of sp³-hybridized carbons (Fsp3) is 0.909. The van der Waals surface area contributed by atoms with Crippen molar-refractivity contribution in [3.8, 4) is 0 Å². The molecule has 0 atom stereocenters. The summed E-state index contributed by atoms with van der Waals surface area (Å²) in [5.41, 5.74) is 1.48. The molecule has 9 aliphatic rings. The van der Waals surface area contributed by atoms with Crippen LogP contribution in [0.25, 0.3) is 0 Å². The van der Waals surface area contributed by atoms with Crippen LogP contribution >= 0.6 is 16.4 Å². The Morgan fingerprint density at radius 3 is 0.958 bits per heavy atom. The molecule has 0 amide bonds. The molecule has 128 valence electrons. The lowest BCUT2D eigenvalue weighted by Crippen LogP contribution is -2.52. The van der Waals surface area contributed by atoms with Gasteiger partial charge in [-0.05, 0) is 113 Å². The smallest absolute Gasteiger partial charge is 0.0141 e. The van der Waals surface area contributed by atoms with E-state index in [1.54, 1.807) is 93.5 Å². The lowest BCUT2D eigenvalue weighted by atomic mass is 9.50. The molecule has 0 radical (unpaired) electrons. The van der Waals surface area contributed by atoms with Crippen LogP contribution in [0.4, 0.5) is 0 Å². The zero-order valence-corrected chi connectivity index (χ0v) is 16.6. The zero-order valence-electron chi connectivity index (χ0n) is 14.8. The minimum Gasteiger partial charge on any atom is -0.0581 e. The van der Waals surface area contributed by atoms with Crippen molar-refractivity contribution >= 4 is 26.5 Å². The van der Waals surface area contributed by atoms with Gasteiger partial charge in [0.2, 0.25) is 0 Å². The highest BCUT2D eigenvalue weighted by Gasteiger charge is 2.57. The van der Waals surface area contributed by atoms with E-state index < -0.39 is 0 Å². The molecule has 0 N–H and O–H groups in total. The quantitative estimate of drug-likeness (QED) is 0.490. The number of hydrogen-bond donors (Lipinski definition) is 0. The molecule has 1 aliphatic heterocycles. The summed E-state index contributed by atoms with van der Waals surface area (Å²) in [5, 5.41) is 4.04. The predicted molar refractivity (Wildman–Crippen MR) is 105 cm³/mol. The van der Waals surface area contributed by atoms with E-state index >= 15 is 0 Å². The van der Waals surface area contributed by atoms with Crippen molar-refractivity contribution in [2.45, 2.75) is 77.0 Å². The molecular formula is C22H30P2. The van der Waals surface area contributed by atoms with Gasteiger partial charge in [0.25, 0.3) is 0 Å². The normalized spacial score (nSPS) is 60.7. The van der Waals surface area contributed by atoms with Crippen molar-refractivity contribution in [3.63, 3.8) is 0 Å². The Balaban J connectivity index is 1.19. The van der Waals surface area contributed by atoms with E-state index in [4.69, 9.17) is 0 Å². The van der Waals surface area contributed by atoms with Crippen molar-refractivity contribution in [1.82, 2.24) is 0 Å². The molecule has 24 heavy (non-hydrogen) atoms. The first-order chi connectivity index (χ1) is 11.7. The number of hydrogen-bond acceptors (Lipinski definition) is 0. The molecule has 0 unspecified atom stereocenters. The summed E-state index contributed by atoms with van der Waals surface area (Å²) < 4.78 is 0. The van der Waals surface area contributed by atoms with E-state index in [0.29, 0.717) is 0 Å². The van der Waals surface area contributed by atoms with Crippen molar-refractivity contribution in [2.75, 3.05) is 0 Å². The summed E-state index contributed by atoms with van der Waals surface area (Å²) in [5.74, 6) is 6.74. The van der Waals surface area contributed by atoms with Gasteiger partial charge in [0, 0.05) is 20.9 Å². The van der Waals surface area contributed by atoms with Crippen LogP contribution in [-0.2, 0) is 0 Å². The van der Waals surface area contributed by atoms with Crippen LogP contribution in [0, 0.1) is 46.3 Å². The average molecular weight is 356 g/mol. The minimum absolute atomic E-state index is 0.740. The highest BCUT2D eigenvalue weighted by molar-refractivity contribution is 7.98. The van der Waals surface area contributed by atoms with Gasteiger partial charge in [-0.2, -0.15) is 0 Å². The predicted octanol–water partition coefficient (Wildman–Crippen LogP) is 6.59. The molecule has 2 heteroatoms. The lowest BCUT2D eigenvalue weighted by molar-refractivity contribution is -0.0108. The van der Waals surface area contributed by atoms with Gasteiger partial charge in [-0.3, -0.25) is 0 Å². The number of rotatable bonds is 2. The molecule has 0 saturated heterocycles. The Kier molecular flexibility index (Phi) is 2.76. The van der Waals surface area contributed by atoms with Gasteiger partial charge in [0.1, 0.15) is 0 Å². The molecule has 1 heterocycles. The van der Waals surface area contributed by atoms with Crippen molar-refractivity contribution in [3.05, 3.63) is 0 Å². The Morgan fingerprint density at radius 2 is 0.708 bits per heavy atom. The van der Waals surface area contributed by atoms with Gasteiger partial charge in [-0.15, -0.1) is 0 Å². The van der Waals surface area contributed by atoms with Gasteiger partial charge < -0.3 is 0 Å². The molecule has 0 aromatic heterocycles. The second-order valence-corrected chi connectivity index (χ2v) is 14.2. The van der Waals surface area contributed by atoms with Crippen LogP contribution in [0.15, 0.2) is 0 Å². The molecule has 9 rings (SSSR count). The van der Waals surface area contributed by atoms with E-state index in [1.165, 1.54) is 0 Å². The SMILES string of the molecule is C1C2CC3CC1CC(C1=PC(C45CC6CC(CC(C6)C4)C5)=P1)(C2)C3. The van der Waals surface area contributed by atoms with E-state index in [1.807, 2.05) is 10.1 Å². The van der Waals surface area contributed by atoms with Gasteiger partial charge in [0.15, 0.2) is 0 Å². The monoisotopic (exact) mass is 356 g/mol. The molecule has 0 aromatic rings. The van der Waals surface area contributed by atoms with Gasteiger partial charge >= 0.3 is 0 Å². The maximum absolute atomic E-state index is 2.02. The van der Waals surface area contributed by atoms with Crippen molar-refractivity contribution in [1.29, 1.82) is 0 Å². The molecule has 0 spiro atoms. The van der Waals surface area contributed by atoms with E-state index in [9.17, 15) is 0 Å². The summed E-state index contributed by atoms with van der Waals surface area (Å²) in [7, 11) is 3.58. The first-order valence-electron chi connectivity index (χ1n) is 10.9. The second-order valence-electron chi connectivity index (χ2n) is 11.3. The molecular weight excluding hydrogens is 326 g/mol. The van der Waals surface area contributed by atoms with Gasteiger partial charge in [0.05, 0.1) is 0 Å². The van der Waals surface area contributed by atoms with Crippen molar-refractivity contribution in [2.24, 2.45) is 46.3 Å². The topological polar surface area (TPSA) is 0 Å².